The normalized spacial score (nSPS) is 35.4. The van der Waals surface area contributed by atoms with Crippen molar-refractivity contribution in [2.24, 2.45) is 22.7 Å². The molecule has 0 aromatic rings. The van der Waals surface area contributed by atoms with Crippen LogP contribution in [-0.2, 0) is 85.8 Å². The van der Waals surface area contributed by atoms with E-state index in [4.69, 9.17) is 25.1 Å². The van der Waals surface area contributed by atoms with Gasteiger partial charge in [0.25, 0.3) is 60.7 Å². The van der Waals surface area contributed by atoms with E-state index in [2.05, 4.69) is 39.5 Å². The van der Waals surface area contributed by atoms with Crippen LogP contribution in [0, 0.1) is 22.7 Å². The largest absolute Gasteiger partial charge is 0.274 e. The number of hydrogen-bond acceptors (Lipinski definition) is 18. The third-order valence-electron chi connectivity index (χ3n) is 18.0. The standard InChI is InChI=1S/C11H20O3S.2C10H18O3S.2C9H16O3S.C8H14O3S/c1-7-8-11(6)9(2,3)10(4,5)14-15(11,12)13;1-6-7-8-9(2,3)10(4,5)13-14(8,11)12;1-6-7-10(5)8(2)9(3,4)13-14(10,11)12;1-5-6-9(4)7-8(2,3)12-13(9,10)11;1-5-6-8-7(2)9(3,4)12-13(8,10)11;1-4-5-7-6-8(2,3)11-12(7,9)10/h7H,1,8H2,2-6H3;2*6,8H,1,7H2,2-5H3;5H,1,6-7H2,2-4H3;5,7-8H,1,6H2,2-4H3;4,7H,1,5-6H2,2-3H3. The van der Waals surface area contributed by atoms with Crippen LogP contribution in [0.15, 0.2) is 75.9 Å². The Bertz CT molecular complexity index is 3000. The Balaban J connectivity index is 0.000000487. The second-order valence-electron chi connectivity index (χ2n) is 27.0. The summed E-state index contributed by atoms with van der Waals surface area (Å²) in [6.45, 7) is 59.8. The van der Waals surface area contributed by atoms with Gasteiger partial charge in [0.2, 0.25) is 0 Å². The van der Waals surface area contributed by atoms with Gasteiger partial charge in [-0.3, -0.25) is 25.1 Å². The summed E-state index contributed by atoms with van der Waals surface area (Å²) in [5.41, 5.74) is -4.46. The maximum absolute atomic E-state index is 12.0. The van der Waals surface area contributed by atoms with Crippen molar-refractivity contribution >= 4 is 60.7 Å². The highest BCUT2D eigenvalue weighted by atomic mass is 32.2. The highest BCUT2D eigenvalue weighted by Crippen LogP contribution is 2.57. The van der Waals surface area contributed by atoms with Gasteiger partial charge in [-0.15, -0.1) is 39.5 Å². The van der Waals surface area contributed by atoms with E-state index in [1.54, 1.807) is 98.8 Å². The first-order valence-electron chi connectivity index (χ1n) is 27.1. The van der Waals surface area contributed by atoms with E-state index in [0.717, 1.165) is 0 Å². The predicted molar refractivity (Wildman–Crippen MR) is 325 cm³/mol. The molecule has 0 amide bonds. The quantitative estimate of drug-likeness (QED) is 0.130. The van der Waals surface area contributed by atoms with Crippen molar-refractivity contribution in [1.29, 1.82) is 0 Å². The second-order valence-corrected chi connectivity index (χ2v) is 38.4. The molecule has 0 N–H and O–H groups in total. The molecule has 0 aromatic carbocycles. The minimum absolute atomic E-state index is 0.00972. The van der Waals surface area contributed by atoms with Crippen LogP contribution < -0.4 is 0 Å². The monoisotopic (exact) mass is 1270 g/mol. The van der Waals surface area contributed by atoms with Crippen molar-refractivity contribution < 1.29 is 75.6 Å². The van der Waals surface area contributed by atoms with Crippen LogP contribution in [0.25, 0.3) is 0 Å². The molecular weight excluding hydrogens is 1170 g/mol. The Labute approximate surface area is 492 Å². The van der Waals surface area contributed by atoms with E-state index >= 15 is 0 Å². The molecule has 6 saturated heterocycles. The van der Waals surface area contributed by atoms with Crippen LogP contribution in [0.5, 0.6) is 0 Å². The zero-order chi connectivity index (χ0) is 64.5. The van der Waals surface area contributed by atoms with E-state index < -0.39 is 130 Å². The van der Waals surface area contributed by atoms with Crippen LogP contribution >= 0.6 is 0 Å². The zero-order valence-electron chi connectivity index (χ0n) is 52.5. The summed E-state index contributed by atoms with van der Waals surface area (Å²) in [7, 11) is -20.6. The van der Waals surface area contributed by atoms with Crippen LogP contribution in [0.4, 0.5) is 0 Å². The summed E-state index contributed by atoms with van der Waals surface area (Å²) in [6.07, 6.45) is 13.5. The molecule has 8 atom stereocenters. The molecule has 0 aliphatic carbocycles. The van der Waals surface area contributed by atoms with Crippen molar-refractivity contribution in [3.63, 3.8) is 0 Å². The topological polar surface area (TPSA) is 260 Å². The third-order valence-corrected chi connectivity index (χ3v) is 30.9. The van der Waals surface area contributed by atoms with Crippen LogP contribution in [0.1, 0.15) is 197 Å². The summed E-state index contributed by atoms with van der Waals surface area (Å²) >= 11 is 0. The molecule has 0 radical (unpaired) electrons. The third kappa shape index (κ3) is 16.3. The molecule has 6 rings (SSSR count). The van der Waals surface area contributed by atoms with Gasteiger partial charge in [0, 0.05) is 22.7 Å². The van der Waals surface area contributed by atoms with Gasteiger partial charge in [-0.05, 0) is 155 Å². The molecule has 24 heteroatoms. The zero-order valence-corrected chi connectivity index (χ0v) is 57.4. The summed E-state index contributed by atoms with van der Waals surface area (Å²) in [5.74, 6) is -0.0338. The van der Waals surface area contributed by atoms with Gasteiger partial charge in [0.05, 0.1) is 49.4 Å². The molecule has 81 heavy (non-hydrogen) atoms. The van der Waals surface area contributed by atoms with Crippen molar-refractivity contribution in [2.45, 2.75) is 260 Å². The maximum atomic E-state index is 12.0. The fraction of sp³-hybridized carbons (Fsp3) is 0.789. The van der Waals surface area contributed by atoms with Crippen molar-refractivity contribution in [3.8, 4) is 0 Å². The predicted octanol–water partition coefficient (Wildman–Crippen LogP) is 11.7. The Morgan fingerprint density at radius 2 is 0.901 bits per heavy atom. The molecular formula is C57H102O18S6. The Hall–Kier alpha value is -2.10. The average Bonchev–Trinajstić information content (AvgIpc) is 3.76. The van der Waals surface area contributed by atoms with Gasteiger partial charge in [0.1, 0.15) is 14.2 Å². The first-order chi connectivity index (χ1) is 35.7. The first kappa shape index (κ1) is 76.9. The lowest BCUT2D eigenvalue weighted by Crippen LogP contribution is -2.48. The fourth-order valence-electron chi connectivity index (χ4n) is 10.8. The molecule has 0 saturated carbocycles. The number of rotatable bonds is 12. The molecule has 0 aromatic heterocycles. The molecule has 6 aliphatic heterocycles. The van der Waals surface area contributed by atoms with E-state index in [0.29, 0.717) is 51.4 Å². The number of hydrogen-bond donors (Lipinski definition) is 0. The second kappa shape index (κ2) is 25.3. The molecule has 8 unspecified atom stereocenters. The average molecular weight is 1270 g/mol. The van der Waals surface area contributed by atoms with E-state index in [-0.39, 0.29) is 17.3 Å². The summed E-state index contributed by atoms with van der Waals surface area (Å²) in [6, 6.07) is 0. The maximum Gasteiger partial charge on any atom is 0.274 e. The lowest BCUT2D eigenvalue weighted by atomic mass is 9.67. The van der Waals surface area contributed by atoms with Crippen LogP contribution in [-0.4, -0.2) is 114 Å². The van der Waals surface area contributed by atoms with Crippen LogP contribution in [0.3, 0.4) is 0 Å². The lowest BCUT2D eigenvalue weighted by Gasteiger charge is -2.40. The van der Waals surface area contributed by atoms with Gasteiger partial charge in [-0.25, -0.2) is 0 Å². The van der Waals surface area contributed by atoms with E-state index in [9.17, 15) is 50.5 Å². The molecule has 6 fully saturated rings. The lowest BCUT2D eigenvalue weighted by molar-refractivity contribution is 0.0175. The number of allylic oxidation sites excluding steroid dienone is 6. The minimum Gasteiger partial charge on any atom is -0.264 e. The van der Waals surface area contributed by atoms with Gasteiger partial charge in [-0.2, -0.15) is 50.5 Å². The SMILES string of the molecule is C=CCC1(C)C(C)(C)C(C)(C)OS1(=O)=O.C=CCC1(C)C(C)C(C)(C)OS1(=O)=O.C=CCC1(C)CC(C)(C)OS1(=O)=O.C=CCC1C(C)(C)C(C)(C)OS1(=O)=O.C=CCC1C(C)C(C)(C)OS1(=O)=O.C=CCC1CC(C)(C)OS1(=O)=O. The van der Waals surface area contributed by atoms with E-state index in [1.807, 2.05) is 83.1 Å². The molecule has 0 bridgehead atoms. The smallest absolute Gasteiger partial charge is 0.264 e. The van der Waals surface area contributed by atoms with E-state index in [1.165, 1.54) is 0 Å². The van der Waals surface area contributed by atoms with Gasteiger partial charge in [0.15, 0.2) is 0 Å². The van der Waals surface area contributed by atoms with Crippen molar-refractivity contribution in [1.82, 2.24) is 0 Å². The summed E-state index contributed by atoms with van der Waals surface area (Å²) in [4.78, 5) is 0. The minimum atomic E-state index is -3.54. The molecule has 6 aliphatic rings. The van der Waals surface area contributed by atoms with Crippen molar-refractivity contribution in [2.75, 3.05) is 0 Å². The molecule has 18 nitrogen and oxygen atoms in total. The Morgan fingerprint density at radius 1 is 0.432 bits per heavy atom. The molecule has 474 valence electrons. The van der Waals surface area contributed by atoms with Gasteiger partial charge in [-0.1, -0.05) is 78.0 Å². The molecule has 0 spiro atoms. The fourth-order valence-corrected chi connectivity index (χ4v) is 22.7. The first-order valence-corrected chi connectivity index (χ1v) is 35.7. The molecule has 6 heterocycles. The summed E-state index contributed by atoms with van der Waals surface area (Å²) in [5, 5.41) is -1.31. The summed E-state index contributed by atoms with van der Waals surface area (Å²) < 4.78 is 168. The van der Waals surface area contributed by atoms with Crippen LogP contribution in [0.2, 0.25) is 0 Å². The Kier molecular flexibility index (Phi) is 24.0. The van der Waals surface area contributed by atoms with Gasteiger partial charge < -0.3 is 0 Å². The Morgan fingerprint density at radius 3 is 1.20 bits per heavy atom. The van der Waals surface area contributed by atoms with Gasteiger partial charge >= 0.3 is 0 Å². The highest BCUT2D eigenvalue weighted by Gasteiger charge is 2.66. The van der Waals surface area contributed by atoms with Crippen molar-refractivity contribution in [3.05, 3.63) is 75.9 Å². The highest BCUT2D eigenvalue weighted by molar-refractivity contribution is 7.89.